The van der Waals surface area contributed by atoms with Crippen LogP contribution in [-0.2, 0) is 22.5 Å². The number of pyridine rings is 1. The summed E-state index contributed by atoms with van der Waals surface area (Å²) < 4.78 is 4.98. The van der Waals surface area contributed by atoms with E-state index in [1.165, 1.54) is 12.1 Å². The van der Waals surface area contributed by atoms with E-state index in [1.807, 2.05) is 120 Å². The number of hydrazine groups is 1. The lowest BCUT2D eigenvalue weighted by Gasteiger charge is -2.41. The molecule has 1 fully saturated rings. The van der Waals surface area contributed by atoms with Gasteiger partial charge in [-0.1, -0.05) is 121 Å². The van der Waals surface area contributed by atoms with Crippen LogP contribution in [0.15, 0.2) is 78.9 Å². The van der Waals surface area contributed by atoms with E-state index in [-0.39, 0.29) is 43.9 Å². The van der Waals surface area contributed by atoms with Crippen molar-refractivity contribution >= 4 is 29.8 Å². The second-order valence-corrected chi connectivity index (χ2v) is 17.1. The highest BCUT2D eigenvalue weighted by molar-refractivity contribution is 6.00. The van der Waals surface area contributed by atoms with Gasteiger partial charge in [-0.25, -0.2) is 24.3 Å². The highest BCUT2D eigenvalue weighted by Gasteiger charge is 2.44. The lowest BCUT2D eigenvalue weighted by molar-refractivity contribution is -0.125. The van der Waals surface area contributed by atoms with Gasteiger partial charge in [0.05, 0.1) is 38.0 Å². The van der Waals surface area contributed by atoms with Crippen LogP contribution in [0.1, 0.15) is 90.6 Å². The molecule has 2 aromatic carbocycles. The Kier molecular flexibility index (Phi) is 18.6. The maximum Gasteiger partial charge on any atom is 0.417 e. The number of hydrogen-bond acceptors (Lipinski definition) is 8. The lowest BCUT2D eigenvalue weighted by Crippen LogP contribution is -2.61. The quantitative estimate of drug-likeness (QED) is 0.0713. The van der Waals surface area contributed by atoms with Crippen molar-refractivity contribution in [2.24, 2.45) is 11.3 Å². The molecule has 0 spiro atoms. The fraction of sp³-hybridized carbons (Fsp3) is 0.521. The smallest absolute Gasteiger partial charge is 0.417 e. The summed E-state index contributed by atoms with van der Waals surface area (Å²) in [6.45, 7) is 14.8. The Hall–Kier alpha value is -5.45. The number of aryl methyl sites for hydroxylation is 1. The first kappa shape index (κ1) is 48.2. The predicted molar refractivity (Wildman–Crippen MR) is 239 cm³/mol. The number of para-hydroxylation sites is 1. The topological polar surface area (TPSA) is 139 Å². The second-order valence-electron chi connectivity index (χ2n) is 17.1. The number of nitrogens with zero attached hydrogens (tertiary/aromatic N) is 6. The number of rotatable bonds is 19. The van der Waals surface area contributed by atoms with Crippen molar-refractivity contribution in [2.75, 3.05) is 44.7 Å². The van der Waals surface area contributed by atoms with Crippen molar-refractivity contribution in [1.29, 1.82) is 0 Å². The zero-order valence-electron chi connectivity index (χ0n) is 37.5. The van der Waals surface area contributed by atoms with Gasteiger partial charge in [-0.05, 0) is 60.9 Å². The largest absolute Gasteiger partial charge is 0.452 e. The summed E-state index contributed by atoms with van der Waals surface area (Å²) in [7, 11) is 1.22. The minimum absolute atomic E-state index is 0.0419. The van der Waals surface area contributed by atoms with Crippen molar-refractivity contribution < 1.29 is 29.0 Å². The van der Waals surface area contributed by atoms with E-state index in [0.717, 1.165) is 41.1 Å². The number of methoxy groups -OCH3 is 1. The molecular weight excluding hydrogens is 771 g/mol. The Balaban J connectivity index is 1.76. The van der Waals surface area contributed by atoms with E-state index >= 15 is 4.79 Å². The van der Waals surface area contributed by atoms with Crippen LogP contribution in [0.4, 0.5) is 20.1 Å². The first-order valence-corrected chi connectivity index (χ1v) is 21.6. The van der Waals surface area contributed by atoms with E-state index in [1.54, 1.807) is 14.7 Å². The van der Waals surface area contributed by atoms with Gasteiger partial charge in [0, 0.05) is 44.0 Å². The molecule has 1 saturated heterocycles. The molecule has 4 unspecified atom stereocenters. The fourth-order valence-electron chi connectivity index (χ4n) is 7.46. The van der Waals surface area contributed by atoms with E-state index in [0.29, 0.717) is 38.2 Å². The summed E-state index contributed by atoms with van der Waals surface area (Å²) in [5, 5.41) is 14.1. The lowest BCUT2D eigenvalue weighted by atomic mass is 9.93. The van der Waals surface area contributed by atoms with Gasteiger partial charge < -0.3 is 24.5 Å². The number of nitrogens with one attached hydrogen (secondary N) is 1. The number of anilines is 1. The molecule has 4 atom stereocenters. The number of carbonyl (C=O) groups is 4. The van der Waals surface area contributed by atoms with E-state index in [2.05, 4.69) is 29.2 Å². The monoisotopic (exact) mass is 838 g/mol. The number of imide groups is 1. The molecule has 13 nitrogen and oxygen atoms in total. The minimum atomic E-state index is -1.27. The average Bonchev–Trinajstić information content (AvgIpc) is 3.58. The molecule has 1 aliphatic heterocycles. The van der Waals surface area contributed by atoms with Gasteiger partial charge in [-0.3, -0.25) is 15.2 Å². The van der Waals surface area contributed by atoms with Crippen molar-refractivity contribution in [3.8, 4) is 11.8 Å². The fourth-order valence-corrected chi connectivity index (χ4v) is 7.46. The number of benzene rings is 2. The molecule has 0 bridgehead atoms. The Morgan fingerprint density at radius 2 is 1.64 bits per heavy atom. The number of aliphatic hydroxyl groups excluding tert-OH is 1. The molecule has 61 heavy (non-hydrogen) atoms. The van der Waals surface area contributed by atoms with Crippen LogP contribution >= 0.6 is 0 Å². The number of aromatic nitrogens is 1. The van der Waals surface area contributed by atoms with Crippen molar-refractivity contribution in [2.45, 2.75) is 112 Å². The molecule has 13 heteroatoms. The van der Waals surface area contributed by atoms with Crippen LogP contribution in [0.25, 0.3) is 0 Å². The summed E-state index contributed by atoms with van der Waals surface area (Å²) in [4.78, 5) is 67.2. The number of carbonyl (C=O) groups excluding carboxylic acids is 4. The number of unbranched alkanes of at least 4 members (excludes halogenated alkanes) is 3. The predicted octanol–water partition coefficient (Wildman–Crippen LogP) is 7.67. The van der Waals surface area contributed by atoms with Crippen molar-refractivity contribution in [3.63, 3.8) is 0 Å². The molecule has 1 aromatic heterocycles. The Morgan fingerprint density at radius 1 is 0.951 bits per heavy atom. The third-order valence-electron chi connectivity index (χ3n) is 10.8. The third kappa shape index (κ3) is 14.3. The van der Waals surface area contributed by atoms with Gasteiger partial charge in [0.2, 0.25) is 5.91 Å². The van der Waals surface area contributed by atoms with Gasteiger partial charge in [0.25, 0.3) is 0 Å². The summed E-state index contributed by atoms with van der Waals surface area (Å²) >= 11 is 0. The standard InChI is InChI=1S/C48H67N7O6/c1-9-11-12-13-14-21-29-52(50-45(58)54(47(60)61-8)35-48(5,6)7)34-42(56)41(32-38-24-17-15-18-25-38)55(40-27-19-16-20-28-40)44(57)43(36(3)10-2)53-31-30-51(46(53)59)33-39-26-22-23-37(4)49-39/h15-20,22-28,36,41-43,56H,9-13,29-35H2,1-8H3,(H,50,58). The van der Waals surface area contributed by atoms with Gasteiger partial charge in [-0.2, -0.15) is 0 Å². The van der Waals surface area contributed by atoms with E-state index in [4.69, 9.17) is 4.74 Å². The second kappa shape index (κ2) is 23.5. The first-order chi connectivity index (χ1) is 29.2. The highest BCUT2D eigenvalue weighted by Crippen LogP contribution is 2.29. The van der Waals surface area contributed by atoms with Crippen LogP contribution in [0.3, 0.4) is 0 Å². The molecule has 1 aliphatic rings. The number of ether oxygens (including phenoxy) is 1. The van der Waals surface area contributed by atoms with Crippen LogP contribution < -0.4 is 10.3 Å². The zero-order chi connectivity index (χ0) is 44.5. The molecule has 0 radical (unpaired) electrons. The molecule has 2 heterocycles. The number of urea groups is 2. The summed E-state index contributed by atoms with van der Waals surface area (Å²) in [6, 6.07) is 21.9. The van der Waals surface area contributed by atoms with E-state index in [9.17, 15) is 19.5 Å². The first-order valence-electron chi connectivity index (χ1n) is 21.6. The maximum absolute atomic E-state index is 15.5. The SMILES string of the molecule is CCCCCC#CCN(CC(O)C(Cc1ccccc1)N(C(=O)C(C(C)CC)N1CCN(Cc2cccc(C)n2)C1=O)c1ccccc1)NC(=O)N(CC(C)(C)C)C(=O)OC. The molecular formula is C48H67N7O6. The normalized spacial score (nSPS) is 14.8. The number of aliphatic hydroxyl groups is 1. The van der Waals surface area contributed by atoms with Gasteiger partial charge in [-0.15, -0.1) is 5.92 Å². The number of amides is 6. The zero-order valence-corrected chi connectivity index (χ0v) is 37.5. The molecule has 330 valence electrons. The Bertz CT molecular complexity index is 1930. The van der Waals surface area contributed by atoms with Gasteiger partial charge >= 0.3 is 18.2 Å². The summed E-state index contributed by atoms with van der Waals surface area (Å²) in [5.74, 6) is 5.77. The summed E-state index contributed by atoms with van der Waals surface area (Å²) in [5.41, 5.74) is 5.46. The van der Waals surface area contributed by atoms with Gasteiger partial charge in [0.15, 0.2) is 0 Å². The summed E-state index contributed by atoms with van der Waals surface area (Å²) in [6.07, 6.45) is 2.49. The van der Waals surface area contributed by atoms with Crippen molar-refractivity contribution in [3.05, 3.63) is 95.8 Å². The average molecular weight is 838 g/mol. The Labute approximate surface area is 363 Å². The minimum Gasteiger partial charge on any atom is -0.452 e. The molecule has 0 saturated carbocycles. The molecule has 6 amide bonds. The molecule has 2 N–H and O–H groups in total. The van der Waals surface area contributed by atoms with Crippen molar-refractivity contribution in [1.82, 2.24) is 30.1 Å². The number of hydrogen-bond donors (Lipinski definition) is 2. The maximum atomic E-state index is 15.5. The molecule has 3 aromatic rings. The molecule has 0 aliphatic carbocycles. The van der Waals surface area contributed by atoms with Crippen LogP contribution in [-0.4, -0.2) is 112 Å². The van der Waals surface area contributed by atoms with Crippen LogP contribution in [0, 0.1) is 30.1 Å². The van der Waals surface area contributed by atoms with Crippen LogP contribution in [0.2, 0.25) is 0 Å². The van der Waals surface area contributed by atoms with Gasteiger partial charge in [0.1, 0.15) is 6.04 Å². The Morgan fingerprint density at radius 3 is 2.26 bits per heavy atom. The van der Waals surface area contributed by atoms with Crippen LogP contribution in [0.5, 0.6) is 0 Å². The molecule has 4 rings (SSSR count). The third-order valence-corrected chi connectivity index (χ3v) is 10.8. The highest BCUT2D eigenvalue weighted by atomic mass is 16.5. The van der Waals surface area contributed by atoms with E-state index < -0.39 is 35.7 Å².